The van der Waals surface area contributed by atoms with Crippen molar-refractivity contribution in [1.29, 1.82) is 0 Å². The second-order valence-electron chi connectivity index (χ2n) is 6.73. The average Bonchev–Trinajstić information content (AvgIpc) is 3.08. The number of aryl methyl sites for hydroxylation is 1. The van der Waals surface area contributed by atoms with Crippen LogP contribution in [0.15, 0.2) is 40.1 Å². The molecular weight excluding hydrogens is 538 g/mol. The molecule has 2 heterocycles. The summed E-state index contributed by atoms with van der Waals surface area (Å²) >= 11 is 3.28. The fourth-order valence-electron chi connectivity index (χ4n) is 3.23. The van der Waals surface area contributed by atoms with E-state index in [4.69, 9.17) is 0 Å². The molecule has 1 aliphatic rings. The summed E-state index contributed by atoms with van der Waals surface area (Å²) in [6.45, 7) is 5.01. The lowest BCUT2D eigenvalue weighted by Gasteiger charge is -2.34. The molecule has 0 amide bonds. The number of nitrogens with one attached hydrogen (secondary N) is 2. The highest BCUT2D eigenvalue weighted by atomic mass is 127. The van der Waals surface area contributed by atoms with Crippen LogP contribution in [0.4, 0.5) is 10.1 Å². The van der Waals surface area contributed by atoms with Crippen molar-refractivity contribution >= 4 is 51.6 Å². The number of aromatic nitrogens is 2. The summed E-state index contributed by atoms with van der Waals surface area (Å²) in [7, 11) is 1.93. The predicted molar refractivity (Wildman–Crippen MR) is 126 cm³/mol. The van der Waals surface area contributed by atoms with E-state index in [1.165, 1.54) is 6.07 Å². The van der Waals surface area contributed by atoms with Gasteiger partial charge in [-0.25, -0.2) is 9.38 Å². The largest absolute Gasteiger partial charge is 0.367 e. The maximum Gasteiger partial charge on any atom is 0.191 e. The van der Waals surface area contributed by atoms with Gasteiger partial charge in [0.25, 0.3) is 0 Å². The lowest BCUT2D eigenvalue weighted by molar-refractivity contribution is 0.468. The predicted octanol–water partition coefficient (Wildman–Crippen LogP) is 3.66. The first-order valence-corrected chi connectivity index (χ1v) is 10.1. The number of anilines is 1. The number of piperidine rings is 1. The molecule has 9 heteroatoms. The lowest BCUT2D eigenvalue weighted by atomic mass is 10.1. The van der Waals surface area contributed by atoms with E-state index in [1.807, 2.05) is 37.1 Å². The fourth-order valence-corrected chi connectivity index (χ4v) is 3.56. The van der Waals surface area contributed by atoms with Gasteiger partial charge in [0.15, 0.2) is 5.96 Å². The minimum Gasteiger partial charge on any atom is -0.367 e. The molecule has 2 aromatic rings. The molecule has 1 unspecified atom stereocenters. The van der Waals surface area contributed by atoms with Gasteiger partial charge in [0.2, 0.25) is 0 Å². The molecule has 1 atom stereocenters. The summed E-state index contributed by atoms with van der Waals surface area (Å²) in [6, 6.07) is 5.35. The van der Waals surface area contributed by atoms with E-state index in [9.17, 15) is 4.39 Å². The summed E-state index contributed by atoms with van der Waals surface area (Å²) in [6.07, 6.45) is 6.12. The van der Waals surface area contributed by atoms with Crippen LogP contribution in [0, 0.1) is 5.82 Å². The van der Waals surface area contributed by atoms with Gasteiger partial charge < -0.3 is 15.5 Å². The highest BCUT2D eigenvalue weighted by Crippen LogP contribution is 2.19. The topological polar surface area (TPSA) is 57.5 Å². The van der Waals surface area contributed by atoms with Gasteiger partial charge in [0.05, 0.1) is 18.4 Å². The fraction of sp³-hybridized carbons (Fsp3) is 0.474. The zero-order valence-corrected chi connectivity index (χ0v) is 20.1. The zero-order valence-electron chi connectivity index (χ0n) is 16.2. The van der Waals surface area contributed by atoms with Crippen LogP contribution >= 0.6 is 39.9 Å². The summed E-state index contributed by atoms with van der Waals surface area (Å²) in [5.41, 5.74) is 1.72. The smallest absolute Gasteiger partial charge is 0.191 e. The van der Waals surface area contributed by atoms with Crippen LogP contribution in [0.2, 0.25) is 0 Å². The molecule has 0 aliphatic carbocycles. The Morgan fingerprint density at radius 2 is 2.25 bits per heavy atom. The van der Waals surface area contributed by atoms with Gasteiger partial charge in [-0.1, -0.05) is 22.0 Å². The first-order valence-electron chi connectivity index (χ1n) is 9.27. The lowest BCUT2D eigenvalue weighted by Crippen LogP contribution is -2.51. The van der Waals surface area contributed by atoms with Crippen LogP contribution in [0.25, 0.3) is 0 Å². The van der Waals surface area contributed by atoms with Crippen molar-refractivity contribution in [3.63, 3.8) is 0 Å². The minimum absolute atomic E-state index is 0. The number of nitrogens with zero attached hydrogens (tertiary/aromatic N) is 4. The SMILES string of the molecule is CCNC(=NCc1ccc(Br)cc1F)NC1CCCN(c2cnn(C)c2)C1.I. The number of guanidine groups is 1. The maximum absolute atomic E-state index is 14.0. The molecule has 1 aromatic carbocycles. The van der Waals surface area contributed by atoms with E-state index >= 15 is 0 Å². The monoisotopic (exact) mass is 564 g/mol. The number of halogens is 3. The number of aliphatic imine (C=N–C) groups is 1. The molecule has 2 N–H and O–H groups in total. The molecule has 1 aromatic heterocycles. The van der Waals surface area contributed by atoms with E-state index in [-0.39, 0.29) is 35.8 Å². The van der Waals surface area contributed by atoms with Gasteiger partial charge in [-0.05, 0) is 31.9 Å². The van der Waals surface area contributed by atoms with Crippen LogP contribution in [0.1, 0.15) is 25.3 Å². The summed E-state index contributed by atoms with van der Waals surface area (Å²) in [4.78, 5) is 6.91. The van der Waals surface area contributed by atoms with Gasteiger partial charge in [-0.15, -0.1) is 24.0 Å². The minimum atomic E-state index is -0.246. The molecule has 6 nitrogen and oxygen atoms in total. The van der Waals surface area contributed by atoms with Crippen LogP contribution in [-0.2, 0) is 13.6 Å². The van der Waals surface area contributed by atoms with Gasteiger partial charge in [0.1, 0.15) is 5.82 Å². The molecular formula is C19H27BrFIN6. The molecule has 0 bridgehead atoms. The molecule has 1 fully saturated rings. The highest BCUT2D eigenvalue weighted by molar-refractivity contribution is 14.0. The van der Waals surface area contributed by atoms with Gasteiger partial charge in [-0.3, -0.25) is 4.68 Å². The van der Waals surface area contributed by atoms with Crippen molar-refractivity contribution < 1.29 is 4.39 Å². The molecule has 0 saturated carbocycles. The third kappa shape index (κ3) is 6.33. The summed E-state index contributed by atoms with van der Waals surface area (Å²) in [5, 5.41) is 11.0. The number of hydrogen-bond acceptors (Lipinski definition) is 3. The van der Waals surface area contributed by atoms with Crippen LogP contribution in [0.3, 0.4) is 0 Å². The van der Waals surface area contributed by atoms with E-state index in [0.29, 0.717) is 12.1 Å². The summed E-state index contributed by atoms with van der Waals surface area (Å²) in [5.74, 6) is 0.474. The first-order chi connectivity index (χ1) is 13.0. The third-order valence-corrected chi connectivity index (χ3v) is 5.08. The first kappa shape index (κ1) is 22.9. The van der Waals surface area contributed by atoms with E-state index in [1.54, 1.807) is 6.07 Å². The Morgan fingerprint density at radius 1 is 1.43 bits per heavy atom. The zero-order chi connectivity index (χ0) is 19.2. The maximum atomic E-state index is 14.0. The van der Waals surface area contributed by atoms with Crippen molar-refractivity contribution in [2.45, 2.75) is 32.4 Å². The molecule has 154 valence electrons. The molecule has 1 aliphatic heterocycles. The average molecular weight is 565 g/mol. The van der Waals surface area contributed by atoms with Crippen molar-refractivity contribution in [2.75, 3.05) is 24.5 Å². The van der Waals surface area contributed by atoms with Crippen LogP contribution < -0.4 is 15.5 Å². The molecule has 1 saturated heterocycles. The Bertz CT molecular complexity index is 796. The van der Waals surface area contributed by atoms with Crippen LogP contribution in [0.5, 0.6) is 0 Å². The summed E-state index contributed by atoms with van der Waals surface area (Å²) < 4.78 is 16.6. The normalized spacial score (nSPS) is 17.2. The van der Waals surface area contributed by atoms with Gasteiger partial charge in [0, 0.05) is 49.0 Å². The number of rotatable bonds is 5. The van der Waals surface area contributed by atoms with E-state index in [2.05, 4.69) is 41.6 Å². The molecule has 0 radical (unpaired) electrons. The standard InChI is InChI=1S/C19H26BrFN6.HI/c1-3-22-19(23-10-14-6-7-15(20)9-18(14)21)25-16-5-4-8-27(12-16)17-11-24-26(2)13-17;/h6-7,9,11,13,16H,3-5,8,10,12H2,1-2H3,(H2,22,23,25);1H. The Labute approximate surface area is 191 Å². The third-order valence-electron chi connectivity index (χ3n) is 4.59. The Hall–Kier alpha value is -1.36. The highest BCUT2D eigenvalue weighted by Gasteiger charge is 2.21. The van der Waals surface area contributed by atoms with E-state index < -0.39 is 0 Å². The van der Waals surface area contributed by atoms with Crippen molar-refractivity contribution in [3.05, 3.63) is 46.4 Å². The second-order valence-corrected chi connectivity index (χ2v) is 7.65. The van der Waals surface area contributed by atoms with Gasteiger partial charge >= 0.3 is 0 Å². The Kier molecular flexibility index (Phi) is 9.00. The Balaban J connectivity index is 0.00000280. The van der Waals surface area contributed by atoms with Crippen molar-refractivity contribution in [2.24, 2.45) is 12.0 Å². The molecule has 28 heavy (non-hydrogen) atoms. The van der Waals surface area contributed by atoms with E-state index in [0.717, 1.165) is 48.6 Å². The number of hydrogen-bond donors (Lipinski definition) is 2. The van der Waals surface area contributed by atoms with Gasteiger partial charge in [-0.2, -0.15) is 5.10 Å². The van der Waals surface area contributed by atoms with Crippen LogP contribution in [-0.4, -0.2) is 41.4 Å². The molecule has 0 spiro atoms. The van der Waals surface area contributed by atoms with Crippen molar-refractivity contribution in [3.8, 4) is 0 Å². The Morgan fingerprint density at radius 3 is 2.93 bits per heavy atom. The number of benzene rings is 1. The quantitative estimate of drug-likeness (QED) is 0.331. The second kappa shape index (κ2) is 11.0. The van der Waals surface area contributed by atoms with Crippen molar-refractivity contribution in [1.82, 2.24) is 20.4 Å². The molecule has 3 rings (SSSR count).